The highest BCUT2D eigenvalue weighted by Crippen LogP contribution is 2.44. The molecule has 154 valence electrons. The van der Waals surface area contributed by atoms with E-state index in [1.807, 2.05) is 0 Å². The topological polar surface area (TPSA) is 207 Å². The van der Waals surface area contributed by atoms with Crippen molar-refractivity contribution in [2.45, 2.75) is 0 Å². The number of fused-ring (bicyclic) bond motifs is 1. The molecule has 0 unspecified atom stereocenters. The number of benzene rings is 1. The fourth-order valence-electron chi connectivity index (χ4n) is 2.53. The van der Waals surface area contributed by atoms with E-state index in [9.17, 15) is 44.4 Å². The molecule has 0 saturated heterocycles. The van der Waals surface area contributed by atoms with Crippen molar-refractivity contribution in [3.63, 3.8) is 0 Å². The summed E-state index contributed by atoms with van der Waals surface area (Å²) in [5, 5.41) is 56.0. The van der Waals surface area contributed by atoms with Gasteiger partial charge in [-0.3, -0.25) is 14.4 Å². The molecule has 6 N–H and O–H groups in total. The molecular formula is C19H12O11. The molecule has 0 fully saturated rings. The van der Waals surface area contributed by atoms with Gasteiger partial charge in [0.1, 0.15) is 0 Å². The number of phenols is 3. The molecule has 0 bridgehead atoms. The van der Waals surface area contributed by atoms with E-state index in [4.69, 9.17) is 10.2 Å². The van der Waals surface area contributed by atoms with Crippen LogP contribution in [0.3, 0.4) is 0 Å². The van der Waals surface area contributed by atoms with Crippen molar-refractivity contribution in [3.05, 3.63) is 57.8 Å². The standard InChI is InChI=1S/C19H12O11/c20-9(3-5-11(22)23)7-1-2-8-13(10(21)4-6-12(24)25)16(27)19(30)18(29)14(8)17(28)15(7)26/h1-6,27,29-30H,(H,22,23)(H,24,25)(H,26,28). The third-order valence-electron chi connectivity index (χ3n) is 3.84. The zero-order chi connectivity index (χ0) is 22.7. The molecule has 0 aliphatic rings. The molecule has 0 spiro atoms. The van der Waals surface area contributed by atoms with Crippen LogP contribution >= 0.6 is 0 Å². The van der Waals surface area contributed by atoms with E-state index in [2.05, 4.69) is 0 Å². The second kappa shape index (κ2) is 8.14. The molecule has 11 heteroatoms. The SMILES string of the molecule is O=C(O)C=CC(=O)c1ccc2c(C(=O)C=CC(=O)O)c(O)c(O)c(O)c2c(=O)c1O. The summed E-state index contributed by atoms with van der Waals surface area (Å²) in [7, 11) is 0. The second-order valence-electron chi connectivity index (χ2n) is 5.71. The summed E-state index contributed by atoms with van der Waals surface area (Å²) in [6, 6.07) is 1.69. The average molecular weight is 416 g/mol. The minimum Gasteiger partial charge on any atom is -0.504 e. The van der Waals surface area contributed by atoms with Gasteiger partial charge in [-0.15, -0.1) is 0 Å². The van der Waals surface area contributed by atoms with Crippen LogP contribution in [-0.4, -0.2) is 54.1 Å². The third kappa shape index (κ3) is 3.94. The maximum absolute atomic E-state index is 12.6. The lowest BCUT2D eigenvalue weighted by atomic mass is 9.99. The summed E-state index contributed by atoms with van der Waals surface area (Å²) in [4.78, 5) is 58.2. The summed E-state index contributed by atoms with van der Waals surface area (Å²) in [6.07, 6.45) is 1.91. The molecule has 30 heavy (non-hydrogen) atoms. The number of hydrogen-bond acceptors (Lipinski definition) is 9. The molecule has 0 aromatic heterocycles. The van der Waals surface area contributed by atoms with Gasteiger partial charge in [-0.2, -0.15) is 0 Å². The lowest BCUT2D eigenvalue weighted by Crippen LogP contribution is -2.05. The first-order valence-corrected chi connectivity index (χ1v) is 7.84. The van der Waals surface area contributed by atoms with Crippen LogP contribution in [0.1, 0.15) is 20.7 Å². The number of phenolic OH excluding ortho intramolecular Hbond substituents is 3. The normalized spacial score (nSPS) is 11.2. The van der Waals surface area contributed by atoms with Crippen molar-refractivity contribution < 1.29 is 49.8 Å². The van der Waals surface area contributed by atoms with Crippen molar-refractivity contribution in [2.75, 3.05) is 0 Å². The maximum atomic E-state index is 12.6. The second-order valence-corrected chi connectivity index (χ2v) is 5.71. The lowest BCUT2D eigenvalue weighted by Gasteiger charge is -2.09. The summed E-state index contributed by atoms with van der Waals surface area (Å²) in [6.45, 7) is 0. The van der Waals surface area contributed by atoms with Gasteiger partial charge >= 0.3 is 11.9 Å². The van der Waals surface area contributed by atoms with E-state index in [1.165, 1.54) is 0 Å². The molecule has 0 aliphatic heterocycles. The first-order valence-electron chi connectivity index (χ1n) is 7.84. The van der Waals surface area contributed by atoms with Gasteiger partial charge in [0.25, 0.3) is 0 Å². The van der Waals surface area contributed by atoms with E-state index < -0.39 is 73.8 Å². The van der Waals surface area contributed by atoms with Crippen LogP contribution in [0.5, 0.6) is 23.0 Å². The molecule has 0 radical (unpaired) electrons. The summed E-state index contributed by atoms with van der Waals surface area (Å²) < 4.78 is 0. The Morgan fingerprint density at radius 2 is 1.20 bits per heavy atom. The monoisotopic (exact) mass is 416 g/mol. The number of ketones is 2. The van der Waals surface area contributed by atoms with E-state index in [0.29, 0.717) is 24.3 Å². The Morgan fingerprint density at radius 1 is 0.667 bits per heavy atom. The summed E-state index contributed by atoms with van der Waals surface area (Å²) in [5.74, 6) is -10.2. The summed E-state index contributed by atoms with van der Waals surface area (Å²) in [5.41, 5.74) is -2.91. The first-order chi connectivity index (χ1) is 14.0. The molecule has 0 atom stereocenters. The number of rotatable bonds is 6. The minimum absolute atomic E-state index is 0.418. The Bertz CT molecular complexity index is 1240. The van der Waals surface area contributed by atoms with E-state index in [-0.39, 0.29) is 0 Å². The van der Waals surface area contributed by atoms with E-state index in [1.54, 1.807) is 0 Å². The first kappa shape index (κ1) is 21.6. The molecular weight excluding hydrogens is 404 g/mol. The van der Waals surface area contributed by atoms with Gasteiger partial charge in [-0.25, -0.2) is 9.59 Å². The minimum atomic E-state index is -1.51. The lowest BCUT2D eigenvalue weighted by molar-refractivity contribution is -0.132. The smallest absolute Gasteiger partial charge is 0.328 e. The quantitative estimate of drug-likeness (QED) is 0.219. The molecule has 2 aromatic rings. The van der Waals surface area contributed by atoms with Crippen molar-refractivity contribution in [1.82, 2.24) is 0 Å². The Hall–Kier alpha value is -4.67. The number of aromatic hydroxyl groups is 4. The Labute approximate surface area is 165 Å². The van der Waals surface area contributed by atoms with Crippen LogP contribution in [0.25, 0.3) is 10.8 Å². The van der Waals surface area contributed by atoms with Crippen molar-refractivity contribution >= 4 is 34.3 Å². The van der Waals surface area contributed by atoms with Crippen molar-refractivity contribution in [3.8, 4) is 23.0 Å². The largest absolute Gasteiger partial charge is 0.504 e. The van der Waals surface area contributed by atoms with E-state index >= 15 is 0 Å². The molecule has 0 amide bonds. The fraction of sp³-hybridized carbons (Fsp3) is 0. The number of carbonyl (C=O) groups is 4. The average Bonchev–Trinajstić information content (AvgIpc) is 2.80. The predicted molar refractivity (Wildman–Crippen MR) is 99.1 cm³/mol. The zero-order valence-corrected chi connectivity index (χ0v) is 14.7. The molecule has 0 aliphatic carbocycles. The number of aliphatic carboxylic acids is 2. The molecule has 2 rings (SSSR count). The van der Waals surface area contributed by atoms with Crippen molar-refractivity contribution in [1.29, 1.82) is 0 Å². The molecule has 11 nitrogen and oxygen atoms in total. The predicted octanol–water partition coefficient (Wildman–Crippen LogP) is 0.669. The summed E-state index contributed by atoms with van der Waals surface area (Å²) >= 11 is 0. The number of carboxylic acid groups (broad SMARTS) is 2. The highest BCUT2D eigenvalue weighted by Gasteiger charge is 2.25. The molecule has 0 heterocycles. The maximum Gasteiger partial charge on any atom is 0.328 e. The number of carboxylic acids is 2. The van der Waals surface area contributed by atoms with Gasteiger partial charge in [0.15, 0.2) is 28.8 Å². The highest BCUT2D eigenvalue weighted by atomic mass is 16.4. The zero-order valence-electron chi connectivity index (χ0n) is 14.7. The van der Waals surface area contributed by atoms with Crippen LogP contribution in [0.4, 0.5) is 0 Å². The Morgan fingerprint density at radius 3 is 1.73 bits per heavy atom. The van der Waals surface area contributed by atoms with Crippen LogP contribution in [0, 0.1) is 0 Å². The Kier molecular flexibility index (Phi) is 5.87. The van der Waals surface area contributed by atoms with Crippen LogP contribution in [0.15, 0.2) is 41.2 Å². The van der Waals surface area contributed by atoms with Crippen LogP contribution in [0.2, 0.25) is 0 Å². The van der Waals surface area contributed by atoms with Gasteiger partial charge in [0.2, 0.25) is 11.2 Å². The molecule has 2 aromatic carbocycles. The van der Waals surface area contributed by atoms with Gasteiger partial charge in [-0.1, -0.05) is 6.07 Å². The molecule has 0 saturated carbocycles. The van der Waals surface area contributed by atoms with Crippen LogP contribution in [-0.2, 0) is 9.59 Å². The van der Waals surface area contributed by atoms with E-state index in [0.717, 1.165) is 12.1 Å². The number of allylic oxidation sites excluding steroid dienone is 2. The number of hydrogen-bond donors (Lipinski definition) is 6. The van der Waals surface area contributed by atoms with Gasteiger partial charge in [-0.05, 0) is 18.2 Å². The van der Waals surface area contributed by atoms with Crippen LogP contribution < -0.4 is 5.43 Å². The van der Waals surface area contributed by atoms with Crippen molar-refractivity contribution in [2.24, 2.45) is 0 Å². The number of carbonyl (C=O) groups excluding carboxylic acids is 2. The van der Waals surface area contributed by atoms with Gasteiger partial charge in [0, 0.05) is 17.5 Å². The Balaban J connectivity index is 2.97. The fourth-order valence-corrected chi connectivity index (χ4v) is 2.53. The highest BCUT2D eigenvalue weighted by molar-refractivity contribution is 6.19. The third-order valence-corrected chi connectivity index (χ3v) is 3.84. The van der Waals surface area contributed by atoms with Gasteiger partial charge in [0.05, 0.1) is 16.5 Å². The van der Waals surface area contributed by atoms with Gasteiger partial charge < -0.3 is 30.6 Å².